The van der Waals surface area contributed by atoms with Gasteiger partial charge in [0, 0.05) is 13.1 Å². The highest BCUT2D eigenvalue weighted by atomic mass is 32.2. The van der Waals surface area contributed by atoms with Gasteiger partial charge in [0.1, 0.15) is 11.9 Å². The highest BCUT2D eigenvalue weighted by Crippen LogP contribution is 2.18. The lowest BCUT2D eigenvalue weighted by molar-refractivity contribution is -0.143. The molecular weight excluding hydrogens is 318 g/mol. The smallest absolute Gasteiger partial charge is 0.251 e. The van der Waals surface area contributed by atoms with Gasteiger partial charge in [-0.3, -0.25) is 4.79 Å². The zero-order chi connectivity index (χ0) is 17.0. The highest BCUT2D eigenvalue weighted by Gasteiger charge is 2.34. The molecule has 1 aliphatic rings. The van der Waals surface area contributed by atoms with E-state index in [9.17, 15) is 13.2 Å². The number of rotatable bonds is 6. The number of ether oxygens (including phenoxy) is 2. The van der Waals surface area contributed by atoms with E-state index in [2.05, 4.69) is 0 Å². The molecule has 1 aliphatic heterocycles. The molecule has 0 spiro atoms. The van der Waals surface area contributed by atoms with Crippen molar-refractivity contribution in [3.63, 3.8) is 0 Å². The summed E-state index contributed by atoms with van der Waals surface area (Å²) in [6.45, 7) is 1.98. The Morgan fingerprint density at radius 3 is 2.78 bits per heavy atom. The van der Waals surface area contributed by atoms with Crippen molar-refractivity contribution in [3.8, 4) is 5.75 Å². The Balaban J connectivity index is 1.89. The SMILES string of the molecule is COc1cccc(CO[C@H](C)C(=O)N(C)[C@H]2CCS(=O)(=O)C2)c1. The van der Waals surface area contributed by atoms with Gasteiger partial charge in [0.25, 0.3) is 5.91 Å². The summed E-state index contributed by atoms with van der Waals surface area (Å²) in [6.07, 6.45) is -0.137. The molecule has 128 valence electrons. The van der Waals surface area contributed by atoms with Crippen LogP contribution in [0.25, 0.3) is 0 Å². The first-order chi connectivity index (χ1) is 10.8. The standard InChI is InChI=1S/C16H23NO5S/c1-12(22-10-13-5-4-6-15(9-13)21-3)16(18)17(2)14-7-8-23(19,20)11-14/h4-6,9,12,14H,7-8,10-11H2,1-3H3/t12-,14+/m1/s1. The molecule has 0 aromatic heterocycles. The van der Waals surface area contributed by atoms with E-state index in [-0.39, 0.29) is 23.5 Å². The van der Waals surface area contributed by atoms with Gasteiger partial charge < -0.3 is 14.4 Å². The van der Waals surface area contributed by atoms with Gasteiger partial charge in [-0.15, -0.1) is 0 Å². The third kappa shape index (κ3) is 4.68. The molecule has 0 aliphatic carbocycles. The minimum Gasteiger partial charge on any atom is -0.497 e. The number of amides is 1. The van der Waals surface area contributed by atoms with Crippen molar-refractivity contribution in [2.75, 3.05) is 25.7 Å². The number of sulfone groups is 1. The molecule has 7 heteroatoms. The van der Waals surface area contributed by atoms with Crippen LogP contribution in [-0.4, -0.2) is 57.0 Å². The Hall–Kier alpha value is -1.60. The van der Waals surface area contributed by atoms with Crippen LogP contribution in [0.1, 0.15) is 18.9 Å². The zero-order valence-electron chi connectivity index (χ0n) is 13.7. The number of nitrogens with zero attached hydrogens (tertiary/aromatic N) is 1. The lowest BCUT2D eigenvalue weighted by atomic mass is 10.2. The molecule has 6 nitrogen and oxygen atoms in total. The predicted octanol–water partition coefficient (Wildman–Crippen LogP) is 1.25. The Morgan fingerprint density at radius 1 is 1.43 bits per heavy atom. The van der Waals surface area contributed by atoms with Crippen LogP contribution in [0.15, 0.2) is 24.3 Å². The monoisotopic (exact) mass is 341 g/mol. The first-order valence-corrected chi connectivity index (χ1v) is 9.36. The summed E-state index contributed by atoms with van der Waals surface area (Å²) in [4.78, 5) is 13.9. The van der Waals surface area contributed by atoms with E-state index in [0.29, 0.717) is 13.0 Å². The minimum atomic E-state index is -3.01. The third-order valence-corrected chi connectivity index (χ3v) is 5.84. The lowest BCUT2D eigenvalue weighted by Gasteiger charge is -2.26. The fourth-order valence-corrected chi connectivity index (χ4v) is 4.38. The molecule has 1 aromatic rings. The van der Waals surface area contributed by atoms with Crippen LogP contribution in [0, 0.1) is 0 Å². The fourth-order valence-electron chi connectivity index (χ4n) is 2.60. The minimum absolute atomic E-state index is 0.0395. The number of carbonyl (C=O) groups excluding carboxylic acids is 1. The molecule has 2 atom stereocenters. The Morgan fingerprint density at radius 2 is 2.17 bits per heavy atom. The van der Waals surface area contributed by atoms with E-state index < -0.39 is 15.9 Å². The van der Waals surface area contributed by atoms with Gasteiger partial charge in [0.2, 0.25) is 0 Å². The fraction of sp³-hybridized carbons (Fsp3) is 0.562. The predicted molar refractivity (Wildman–Crippen MR) is 87.1 cm³/mol. The van der Waals surface area contributed by atoms with Crippen molar-refractivity contribution in [3.05, 3.63) is 29.8 Å². The molecule has 1 amide bonds. The molecule has 0 saturated carbocycles. The Labute approximate surface area is 137 Å². The maximum absolute atomic E-state index is 12.4. The highest BCUT2D eigenvalue weighted by molar-refractivity contribution is 7.91. The Kier molecular flexibility index (Phi) is 5.64. The number of hydrogen-bond acceptors (Lipinski definition) is 5. The maximum Gasteiger partial charge on any atom is 0.251 e. The molecule has 0 N–H and O–H groups in total. The molecule has 1 heterocycles. The van der Waals surface area contributed by atoms with Crippen molar-refractivity contribution >= 4 is 15.7 Å². The van der Waals surface area contributed by atoms with Crippen molar-refractivity contribution in [1.82, 2.24) is 4.90 Å². The zero-order valence-corrected chi connectivity index (χ0v) is 14.5. The number of benzene rings is 1. The molecule has 1 saturated heterocycles. The quantitative estimate of drug-likeness (QED) is 0.778. The van der Waals surface area contributed by atoms with E-state index >= 15 is 0 Å². The topological polar surface area (TPSA) is 72.9 Å². The van der Waals surface area contributed by atoms with Crippen LogP contribution in [0.2, 0.25) is 0 Å². The normalized spacial score (nSPS) is 20.9. The summed E-state index contributed by atoms with van der Waals surface area (Å²) in [5, 5.41) is 0. The molecule has 0 unspecified atom stereocenters. The first kappa shape index (κ1) is 17.7. The number of carbonyl (C=O) groups is 1. The lowest BCUT2D eigenvalue weighted by Crippen LogP contribution is -2.43. The van der Waals surface area contributed by atoms with Crippen LogP contribution >= 0.6 is 0 Å². The number of hydrogen-bond donors (Lipinski definition) is 0. The second-order valence-corrected chi connectivity index (χ2v) is 8.04. The summed E-state index contributed by atoms with van der Waals surface area (Å²) >= 11 is 0. The van der Waals surface area contributed by atoms with Crippen LogP contribution in [-0.2, 0) is 26.0 Å². The summed E-state index contributed by atoms with van der Waals surface area (Å²) in [5.74, 6) is 0.722. The van der Waals surface area contributed by atoms with Crippen molar-refractivity contribution in [2.45, 2.75) is 32.1 Å². The van der Waals surface area contributed by atoms with Crippen LogP contribution in [0.4, 0.5) is 0 Å². The van der Waals surface area contributed by atoms with Gasteiger partial charge in [0.05, 0.1) is 25.2 Å². The Bertz CT molecular complexity index is 658. The van der Waals surface area contributed by atoms with Crippen molar-refractivity contribution < 1.29 is 22.7 Å². The van der Waals surface area contributed by atoms with E-state index in [1.807, 2.05) is 24.3 Å². The van der Waals surface area contributed by atoms with E-state index in [1.54, 1.807) is 21.1 Å². The summed E-state index contributed by atoms with van der Waals surface area (Å²) in [7, 11) is 0.221. The first-order valence-electron chi connectivity index (χ1n) is 7.54. The molecular formula is C16H23NO5S. The summed E-state index contributed by atoms with van der Waals surface area (Å²) in [6, 6.07) is 7.19. The van der Waals surface area contributed by atoms with Crippen LogP contribution in [0.3, 0.4) is 0 Å². The van der Waals surface area contributed by atoms with Crippen LogP contribution in [0.5, 0.6) is 5.75 Å². The van der Waals surface area contributed by atoms with E-state index in [0.717, 1.165) is 11.3 Å². The maximum atomic E-state index is 12.4. The second kappa shape index (κ2) is 7.31. The molecule has 2 rings (SSSR count). The van der Waals surface area contributed by atoms with Gasteiger partial charge in [-0.25, -0.2) is 8.42 Å². The molecule has 0 bridgehead atoms. The van der Waals surface area contributed by atoms with Crippen molar-refractivity contribution in [2.24, 2.45) is 0 Å². The largest absolute Gasteiger partial charge is 0.497 e. The second-order valence-electron chi connectivity index (χ2n) is 5.81. The molecule has 1 fully saturated rings. The van der Waals surface area contributed by atoms with Crippen molar-refractivity contribution in [1.29, 1.82) is 0 Å². The average molecular weight is 341 g/mol. The van der Waals surface area contributed by atoms with Gasteiger partial charge in [-0.1, -0.05) is 12.1 Å². The van der Waals surface area contributed by atoms with E-state index in [4.69, 9.17) is 9.47 Å². The van der Waals surface area contributed by atoms with Crippen LogP contribution < -0.4 is 4.74 Å². The summed E-state index contributed by atoms with van der Waals surface area (Å²) in [5.41, 5.74) is 0.912. The van der Waals surface area contributed by atoms with E-state index in [1.165, 1.54) is 4.90 Å². The van der Waals surface area contributed by atoms with Gasteiger partial charge >= 0.3 is 0 Å². The third-order valence-electron chi connectivity index (χ3n) is 4.09. The number of likely N-dealkylation sites (N-methyl/N-ethyl adjacent to an activating group) is 1. The molecule has 1 aromatic carbocycles. The van der Waals surface area contributed by atoms with Gasteiger partial charge in [-0.05, 0) is 31.0 Å². The molecule has 23 heavy (non-hydrogen) atoms. The van der Waals surface area contributed by atoms with Gasteiger partial charge in [-0.2, -0.15) is 0 Å². The van der Waals surface area contributed by atoms with Gasteiger partial charge in [0.15, 0.2) is 9.84 Å². The number of methoxy groups -OCH3 is 1. The summed E-state index contributed by atoms with van der Waals surface area (Å²) < 4.78 is 33.8. The molecule has 0 radical (unpaired) electrons. The average Bonchev–Trinajstić information content (AvgIpc) is 2.91.